The zero-order chi connectivity index (χ0) is 12.8. The highest BCUT2D eigenvalue weighted by Crippen LogP contribution is 2.09. The molecule has 0 aliphatic carbocycles. The lowest BCUT2D eigenvalue weighted by Crippen LogP contribution is -2.07. The summed E-state index contributed by atoms with van der Waals surface area (Å²) in [6, 6.07) is 3.92. The molecule has 96 valence electrons. The first-order chi connectivity index (χ1) is 8.78. The summed E-state index contributed by atoms with van der Waals surface area (Å²) in [6.45, 7) is 1.41. The van der Waals surface area contributed by atoms with Crippen LogP contribution in [0, 0.1) is 0 Å². The van der Waals surface area contributed by atoms with Gasteiger partial charge in [0.25, 0.3) is 0 Å². The summed E-state index contributed by atoms with van der Waals surface area (Å²) in [7, 11) is 3.81. The number of pyridine rings is 1. The van der Waals surface area contributed by atoms with Crippen LogP contribution in [0.15, 0.2) is 30.7 Å². The van der Waals surface area contributed by atoms with Crippen LogP contribution in [0.3, 0.4) is 0 Å². The zero-order valence-electron chi connectivity index (χ0n) is 10.8. The van der Waals surface area contributed by atoms with Gasteiger partial charge < -0.3 is 10.1 Å². The molecule has 0 aliphatic rings. The molecule has 5 heteroatoms. The Morgan fingerprint density at radius 2 is 2.22 bits per heavy atom. The van der Waals surface area contributed by atoms with Crippen molar-refractivity contribution in [3.8, 4) is 5.75 Å². The van der Waals surface area contributed by atoms with E-state index in [2.05, 4.69) is 15.4 Å². The van der Waals surface area contributed by atoms with Crippen molar-refractivity contribution in [2.24, 2.45) is 7.05 Å². The lowest BCUT2D eigenvalue weighted by atomic mass is 10.3. The molecule has 2 aromatic heterocycles. The highest BCUT2D eigenvalue weighted by atomic mass is 16.5. The molecule has 2 aromatic rings. The van der Waals surface area contributed by atoms with E-state index in [9.17, 15) is 0 Å². The van der Waals surface area contributed by atoms with Crippen molar-refractivity contribution < 1.29 is 4.74 Å². The number of nitrogens with zero attached hydrogens (tertiary/aromatic N) is 3. The first kappa shape index (κ1) is 12.6. The van der Waals surface area contributed by atoms with Crippen LogP contribution in [0.2, 0.25) is 0 Å². The van der Waals surface area contributed by atoms with Crippen LogP contribution in [0.4, 0.5) is 0 Å². The molecule has 0 saturated carbocycles. The van der Waals surface area contributed by atoms with Gasteiger partial charge in [-0.2, -0.15) is 5.10 Å². The third kappa shape index (κ3) is 3.56. The van der Waals surface area contributed by atoms with Crippen LogP contribution in [0.5, 0.6) is 5.75 Å². The fraction of sp³-hybridized carbons (Fsp3) is 0.385. The van der Waals surface area contributed by atoms with Crippen molar-refractivity contribution in [2.75, 3.05) is 13.7 Å². The monoisotopic (exact) mass is 246 g/mol. The third-order valence-corrected chi connectivity index (χ3v) is 2.57. The number of ether oxygens (including phenoxy) is 1. The summed E-state index contributed by atoms with van der Waals surface area (Å²) < 4.78 is 7.43. The number of hydrogen-bond acceptors (Lipinski definition) is 4. The molecule has 2 rings (SSSR count). The number of rotatable bonds is 6. The standard InChI is InChI=1S/C13H18N4O/c1-14-8-12-3-4-13(9-15-12)18-6-5-11-7-16-17(2)10-11/h3-4,7,9-10,14H,5-6,8H2,1-2H3. The summed E-state index contributed by atoms with van der Waals surface area (Å²) in [6.07, 6.45) is 6.47. The van der Waals surface area contributed by atoms with E-state index < -0.39 is 0 Å². The minimum atomic E-state index is 0.638. The van der Waals surface area contributed by atoms with Gasteiger partial charge in [0.05, 0.1) is 24.7 Å². The van der Waals surface area contributed by atoms with Crippen molar-refractivity contribution in [1.82, 2.24) is 20.1 Å². The van der Waals surface area contributed by atoms with Crippen molar-refractivity contribution in [2.45, 2.75) is 13.0 Å². The Labute approximate surface area is 107 Å². The van der Waals surface area contributed by atoms with Gasteiger partial charge >= 0.3 is 0 Å². The first-order valence-corrected chi connectivity index (χ1v) is 5.98. The fourth-order valence-electron chi connectivity index (χ4n) is 1.67. The van der Waals surface area contributed by atoms with Gasteiger partial charge in [-0.05, 0) is 24.7 Å². The molecule has 5 nitrogen and oxygen atoms in total. The molecule has 0 spiro atoms. The number of nitrogens with one attached hydrogen (secondary N) is 1. The van der Waals surface area contributed by atoms with Crippen LogP contribution in [0.25, 0.3) is 0 Å². The molecular formula is C13H18N4O. The second-order valence-electron chi connectivity index (χ2n) is 4.14. The summed E-state index contributed by atoms with van der Waals surface area (Å²) in [5, 5.41) is 7.17. The van der Waals surface area contributed by atoms with Crippen molar-refractivity contribution >= 4 is 0 Å². The molecule has 2 heterocycles. The smallest absolute Gasteiger partial charge is 0.137 e. The number of aromatic nitrogens is 3. The van der Waals surface area contributed by atoms with E-state index in [1.807, 2.05) is 38.6 Å². The molecule has 0 aliphatic heterocycles. The average Bonchev–Trinajstić information content (AvgIpc) is 2.78. The predicted molar refractivity (Wildman–Crippen MR) is 69.4 cm³/mol. The maximum absolute atomic E-state index is 5.63. The van der Waals surface area contributed by atoms with E-state index in [4.69, 9.17) is 4.74 Å². The molecule has 1 N–H and O–H groups in total. The second kappa shape index (κ2) is 6.16. The molecular weight excluding hydrogens is 228 g/mol. The minimum Gasteiger partial charge on any atom is -0.492 e. The lowest BCUT2D eigenvalue weighted by molar-refractivity contribution is 0.320. The van der Waals surface area contributed by atoms with E-state index in [1.165, 1.54) is 5.56 Å². The maximum atomic E-state index is 5.63. The molecule has 18 heavy (non-hydrogen) atoms. The maximum Gasteiger partial charge on any atom is 0.137 e. The number of aryl methyl sites for hydroxylation is 1. The molecule has 0 saturated heterocycles. The average molecular weight is 246 g/mol. The summed E-state index contributed by atoms with van der Waals surface area (Å²) in [5.74, 6) is 0.804. The zero-order valence-corrected chi connectivity index (χ0v) is 10.8. The van der Waals surface area contributed by atoms with E-state index in [1.54, 1.807) is 10.9 Å². The van der Waals surface area contributed by atoms with Gasteiger partial charge in [0.2, 0.25) is 0 Å². The summed E-state index contributed by atoms with van der Waals surface area (Å²) in [5.41, 5.74) is 2.19. The van der Waals surface area contributed by atoms with Crippen molar-refractivity contribution in [3.05, 3.63) is 42.0 Å². The molecule has 0 fully saturated rings. The third-order valence-electron chi connectivity index (χ3n) is 2.57. The SMILES string of the molecule is CNCc1ccc(OCCc2cnn(C)c2)cn1. The summed E-state index contributed by atoms with van der Waals surface area (Å²) >= 11 is 0. The minimum absolute atomic E-state index is 0.638. The number of hydrogen-bond donors (Lipinski definition) is 1. The van der Waals surface area contributed by atoms with E-state index in [-0.39, 0.29) is 0 Å². The normalized spacial score (nSPS) is 10.6. The van der Waals surface area contributed by atoms with Gasteiger partial charge in [0, 0.05) is 26.2 Å². The van der Waals surface area contributed by atoms with Gasteiger partial charge in [-0.3, -0.25) is 9.67 Å². The Hall–Kier alpha value is -1.88. The Morgan fingerprint density at radius 1 is 1.33 bits per heavy atom. The topological polar surface area (TPSA) is 52.0 Å². The Kier molecular flexibility index (Phi) is 4.30. The first-order valence-electron chi connectivity index (χ1n) is 5.98. The molecule has 0 bridgehead atoms. The highest BCUT2D eigenvalue weighted by molar-refractivity contribution is 5.20. The Morgan fingerprint density at radius 3 is 2.83 bits per heavy atom. The molecule has 0 amide bonds. The van der Waals surface area contributed by atoms with Gasteiger partial charge in [-0.1, -0.05) is 0 Å². The molecule has 0 unspecified atom stereocenters. The van der Waals surface area contributed by atoms with Gasteiger partial charge in [0.1, 0.15) is 5.75 Å². The van der Waals surface area contributed by atoms with E-state index in [0.717, 1.165) is 24.4 Å². The van der Waals surface area contributed by atoms with Gasteiger partial charge in [-0.25, -0.2) is 0 Å². The predicted octanol–water partition coefficient (Wildman–Crippen LogP) is 1.16. The van der Waals surface area contributed by atoms with Crippen LogP contribution in [-0.2, 0) is 20.0 Å². The van der Waals surface area contributed by atoms with Crippen LogP contribution in [-0.4, -0.2) is 28.4 Å². The highest BCUT2D eigenvalue weighted by Gasteiger charge is 1.99. The van der Waals surface area contributed by atoms with Crippen molar-refractivity contribution in [1.29, 1.82) is 0 Å². The quantitative estimate of drug-likeness (QED) is 0.831. The van der Waals surface area contributed by atoms with E-state index >= 15 is 0 Å². The molecule has 0 atom stereocenters. The summed E-state index contributed by atoms with van der Waals surface area (Å²) in [4.78, 5) is 4.29. The molecule has 0 radical (unpaired) electrons. The Balaban J connectivity index is 1.79. The van der Waals surface area contributed by atoms with Crippen LogP contribution in [0.1, 0.15) is 11.3 Å². The lowest BCUT2D eigenvalue weighted by Gasteiger charge is -2.05. The van der Waals surface area contributed by atoms with Gasteiger partial charge in [-0.15, -0.1) is 0 Å². The van der Waals surface area contributed by atoms with E-state index in [0.29, 0.717) is 6.61 Å². The van der Waals surface area contributed by atoms with Crippen LogP contribution >= 0.6 is 0 Å². The van der Waals surface area contributed by atoms with Crippen LogP contribution < -0.4 is 10.1 Å². The van der Waals surface area contributed by atoms with Crippen molar-refractivity contribution in [3.63, 3.8) is 0 Å². The second-order valence-corrected chi connectivity index (χ2v) is 4.14. The van der Waals surface area contributed by atoms with Gasteiger partial charge in [0.15, 0.2) is 0 Å². The molecule has 0 aromatic carbocycles. The Bertz CT molecular complexity index is 478. The fourth-order valence-corrected chi connectivity index (χ4v) is 1.67. The largest absolute Gasteiger partial charge is 0.492 e.